The molecule has 1 atom stereocenters. The van der Waals surface area contributed by atoms with E-state index in [1.807, 2.05) is 0 Å². The Bertz CT molecular complexity index is 587. The van der Waals surface area contributed by atoms with Crippen LogP contribution in [-0.2, 0) is 14.4 Å². The molecular formula is C13H14F2IN3O3. The van der Waals surface area contributed by atoms with E-state index < -0.39 is 35.4 Å². The molecule has 0 saturated carbocycles. The number of nitrogens with one attached hydrogen (secondary N) is 2. The van der Waals surface area contributed by atoms with Crippen molar-refractivity contribution in [3.8, 4) is 0 Å². The summed E-state index contributed by atoms with van der Waals surface area (Å²) < 4.78 is 26.7. The third-order valence-corrected chi connectivity index (χ3v) is 3.66. The highest BCUT2D eigenvalue weighted by Gasteiger charge is 2.21. The second kappa shape index (κ2) is 8.01. The fraction of sp³-hybridized carbons (Fsp3) is 0.308. The number of anilines is 1. The zero-order valence-corrected chi connectivity index (χ0v) is 13.7. The standard InChI is InChI=1S/C13H14F2IN3O3/c1-6(20)18-10(2-3-11(17)21)13(22)19-7-4-8(14)12(16)9(15)5-7/h4-5,10H,2-3H2,1H3,(H2,17,21)(H,18,20)(H,19,22). The highest BCUT2D eigenvalue weighted by molar-refractivity contribution is 14.1. The van der Waals surface area contributed by atoms with Gasteiger partial charge in [-0.2, -0.15) is 0 Å². The number of hydrogen-bond acceptors (Lipinski definition) is 3. The zero-order valence-electron chi connectivity index (χ0n) is 11.6. The smallest absolute Gasteiger partial charge is 0.246 e. The molecule has 1 unspecified atom stereocenters. The van der Waals surface area contributed by atoms with Gasteiger partial charge in [0.25, 0.3) is 0 Å². The second-order valence-electron chi connectivity index (χ2n) is 4.50. The van der Waals surface area contributed by atoms with Gasteiger partial charge in [0.1, 0.15) is 17.7 Å². The number of hydrogen-bond donors (Lipinski definition) is 3. The van der Waals surface area contributed by atoms with Crippen LogP contribution in [-0.4, -0.2) is 23.8 Å². The van der Waals surface area contributed by atoms with E-state index in [1.165, 1.54) is 29.5 Å². The lowest BCUT2D eigenvalue weighted by molar-refractivity contribution is -0.126. The fourth-order valence-corrected chi connectivity index (χ4v) is 1.97. The summed E-state index contributed by atoms with van der Waals surface area (Å²) in [5, 5.41) is 4.64. The molecule has 4 N–H and O–H groups in total. The molecule has 120 valence electrons. The minimum Gasteiger partial charge on any atom is -0.370 e. The van der Waals surface area contributed by atoms with E-state index >= 15 is 0 Å². The molecule has 0 saturated heterocycles. The summed E-state index contributed by atoms with van der Waals surface area (Å²) in [4.78, 5) is 33.9. The number of halogens is 3. The summed E-state index contributed by atoms with van der Waals surface area (Å²) in [6.45, 7) is 1.20. The van der Waals surface area contributed by atoms with Crippen LogP contribution in [0.4, 0.5) is 14.5 Å². The van der Waals surface area contributed by atoms with Gasteiger partial charge in [-0.25, -0.2) is 8.78 Å². The molecule has 0 bridgehead atoms. The van der Waals surface area contributed by atoms with Gasteiger partial charge in [0.05, 0.1) is 3.57 Å². The zero-order chi connectivity index (χ0) is 16.9. The maximum atomic E-state index is 13.4. The average molecular weight is 425 g/mol. The number of carbonyl (C=O) groups excluding carboxylic acids is 3. The summed E-state index contributed by atoms with van der Waals surface area (Å²) in [7, 11) is 0. The summed E-state index contributed by atoms with van der Waals surface area (Å²) in [6, 6.07) is 0.888. The first-order chi connectivity index (χ1) is 10.2. The maximum Gasteiger partial charge on any atom is 0.246 e. The molecule has 0 spiro atoms. The van der Waals surface area contributed by atoms with Crippen molar-refractivity contribution < 1.29 is 23.2 Å². The maximum absolute atomic E-state index is 13.4. The number of primary amides is 1. The Balaban J connectivity index is 2.85. The van der Waals surface area contributed by atoms with Gasteiger partial charge < -0.3 is 16.4 Å². The molecule has 0 aliphatic carbocycles. The van der Waals surface area contributed by atoms with Crippen LogP contribution >= 0.6 is 22.6 Å². The first-order valence-corrected chi connectivity index (χ1v) is 7.29. The van der Waals surface area contributed by atoms with Crippen molar-refractivity contribution in [2.45, 2.75) is 25.8 Å². The third-order valence-electron chi connectivity index (χ3n) is 2.62. The number of nitrogens with two attached hydrogens (primary N) is 1. The highest BCUT2D eigenvalue weighted by Crippen LogP contribution is 2.20. The Morgan fingerprint density at radius 2 is 1.82 bits per heavy atom. The Hall–Kier alpha value is -1.78. The highest BCUT2D eigenvalue weighted by atomic mass is 127. The predicted octanol–water partition coefficient (Wildman–Crippen LogP) is 1.28. The van der Waals surface area contributed by atoms with Crippen LogP contribution < -0.4 is 16.4 Å². The lowest BCUT2D eigenvalue weighted by atomic mass is 10.1. The largest absolute Gasteiger partial charge is 0.370 e. The normalized spacial score (nSPS) is 11.6. The summed E-state index contributed by atoms with van der Waals surface area (Å²) >= 11 is 1.50. The van der Waals surface area contributed by atoms with Crippen LogP contribution in [0.5, 0.6) is 0 Å². The van der Waals surface area contributed by atoms with E-state index in [4.69, 9.17) is 5.73 Å². The van der Waals surface area contributed by atoms with Crippen LogP contribution in [0.2, 0.25) is 0 Å². The number of amides is 3. The van der Waals surface area contributed by atoms with E-state index in [0.717, 1.165) is 12.1 Å². The molecule has 0 radical (unpaired) electrons. The van der Waals surface area contributed by atoms with E-state index in [1.54, 1.807) is 0 Å². The minimum atomic E-state index is -1.03. The molecule has 0 aliphatic heterocycles. The number of rotatable bonds is 6. The van der Waals surface area contributed by atoms with Crippen molar-refractivity contribution in [2.24, 2.45) is 5.73 Å². The van der Waals surface area contributed by atoms with Crippen LogP contribution in [0.15, 0.2) is 12.1 Å². The van der Waals surface area contributed by atoms with Gasteiger partial charge in [0.2, 0.25) is 17.7 Å². The van der Waals surface area contributed by atoms with Gasteiger partial charge >= 0.3 is 0 Å². The van der Waals surface area contributed by atoms with Gasteiger partial charge in [-0.3, -0.25) is 14.4 Å². The quantitative estimate of drug-likeness (QED) is 0.473. The van der Waals surface area contributed by atoms with Gasteiger partial charge in [0.15, 0.2) is 0 Å². The molecule has 3 amide bonds. The lowest BCUT2D eigenvalue weighted by Gasteiger charge is -2.17. The molecule has 6 nitrogen and oxygen atoms in total. The molecule has 1 rings (SSSR count). The first-order valence-electron chi connectivity index (χ1n) is 6.21. The second-order valence-corrected chi connectivity index (χ2v) is 5.58. The van der Waals surface area contributed by atoms with Crippen LogP contribution in [0.1, 0.15) is 19.8 Å². The molecule has 0 fully saturated rings. The Morgan fingerprint density at radius 1 is 1.27 bits per heavy atom. The van der Waals surface area contributed by atoms with E-state index in [-0.39, 0.29) is 22.1 Å². The van der Waals surface area contributed by atoms with Gasteiger partial charge in [0, 0.05) is 19.0 Å². The van der Waals surface area contributed by atoms with Crippen molar-refractivity contribution in [2.75, 3.05) is 5.32 Å². The van der Waals surface area contributed by atoms with Gasteiger partial charge in [-0.1, -0.05) is 0 Å². The van der Waals surface area contributed by atoms with E-state index in [9.17, 15) is 23.2 Å². The molecule has 22 heavy (non-hydrogen) atoms. The monoisotopic (exact) mass is 425 g/mol. The number of carbonyl (C=O) groups is 3. The Kier molecular flexibility index (Phi) is 6.65. The van der Waals surface area contributed by atoms with E-state index in [2.05, 4.69) is 10.6 Å². The molecule has 0 heterocycles. The summed E-state index contributed by atoms with van der Waals surface area (Å²) in [5.74, 6) is -3.44. The molecule has 1 aromatic rings. The minimum absolute atomic E-state index is 0.0178. The average Bonchev–Trinajstić information content (AvgIpc) is 2.40. The molecule has 0 aliphatic rings. The lowest BCUT2D eigenvalue weighted by Crippen LogP contribution is -2.43. The van der Waals surface area contributed by atoms with Gasteiger partial charge in [-0.05, 0) is 41.1 Å². The SMILES string of the molecule is CC(=O)NC(CCC(N)=O)C(=O)Nc1cc(F)c(I)c(F)c1. The van der Waals surface area contributed by atoms with Crippen LogP contribution in [0.3, 0.4) is 0 Å². The number of benzene rings is 1. The third kappa shape index (κ3) is 5.54. The predicted molar refractivity (Wildman–Crippen MR) is 83.7 cm³/mol. The van der Waals surface area contributed by atoms with Crippen LogP contribution in [0, 0.1) is 15.2 Å². The van der Waals surface area contributed by atoms with Crippen molar-refractivity contribution in [1.29, 1.82) is 0 Å². The molecule has 1 aromatic carbocycles. The van der Waals surface area contributed by atoms with Crippen molar-refractivity contribution in [3.05, 3.63) is 27.3 Å². The molecule has 9 heteroatoms. The Morgan fingerprint density at radius 3 is 2.27 bits per heavy atom. The summed E-state index contributed by atoms with van der Waals surface area (Å²) in [5.41, 5.74) is 4.91. The van der Waals surface area contributed by atoms with E-state index in [0.29, 0.717) is 0 Å². The molecular weight excluding hydrogens is 411 g/mol. The van der Waals surface area contributed by atoms with Crippen molar-refractivity contribution in [1.82, 2.24) is 5.32 Å². The summed E-state index contributed by atoms with van der Waals surface area (Å²) in [6.07, 6.45) is -0.135. The topological polar surface area (TPSA) is 101 Å². The Labute approximate surface area is 139 Å². The van der Waals surface area contributed by atoms with Gasteiger partial charge in [-0.15, -0.1) is 0 Å². The van der Waals surface area contributed by atoms with Crippen LogP contribution in [0.25, 0.3) is 0 Å². The first kappa shape index (κ1) is 18.3. The van der Waals surface area contributed by atoms with Crippen molar-refractivity contribution >= 4 is 46.0 Å². The van der Waals surface area contributed by atoms with Crippen molar-refractivity contribution in [3.63, 3.8) is 0 Å². The molecule has 0 aromatic heterocycles. The fourth-order valence-electron chi connectivity index (χ4n) is 1.66.